The van der Waals surface area contributed by atoms with Gasteiger partial charge in [0.15, 0.2) is 5.82 Å². The van der Waals surface area contributed by atoms with Crippen molar-refractivity contribution in [2.45, 2.75) is 26.3 Å². The molecule has 7 heteroatoms. The summed E-state index contributed by atoms with van der Waals surface area (Å²) in [4.78, 5) is 0. The highest BCUT2D eigenvalue weighted by Gasteiger charge is 2.29. The predicted octanol–water partition coefficient (Wildman–Crippen LogP) is 2.50. The van der Waals surface area contributed by atoms with E-state index in [1.807, 2.05) is 22.9 Å². The van der Waals surface area contributed by atoms with E-state index >= 15 is 0 Å². The number of tetrazole rings is 1. The first kappa shape index (κ1) is 14.5. The normalized spacial score (nSPS) is 17.8. The zero-order valence-electron chi connectivity index (χ0n) is 11.9. The second kappa shape index (κ2) is 5.73. The number of hydrogen-bond donors (Lipinski definition) is 1. The van der Waals surface area contributed by atoms with Crippen LogP contribution in [-0.2, 0) is 11.3 Å². The molecule has 1 aromatic heterocycles. The summed E-state index contributed by atoms with van der Waals surface area (Å²) in [6, 6.07) is 5.72. The van der Waals surface area contributed by atoms with Crippen LogP contribution in [-0.4, -0.2) is 33.4 Å². The molecule has 0 unspecified atom stereocenters. The van der Waals surface area contributed by atoms with Crippen LogP contribution in [0.5, 0.6) is 0 Å². The van der Waals surface area contributed by atoms with E-state index in [-0.39, 0.29) is 5.41 Å². The lowest BCUT2D eigenvalue weighted by Crippen LogP contribution is -2.31. The van der Waals surface area contributed by atoms with Gasteiger partial charge in [-0.3, -0.25) is 0 Å². The largest absolute Gasteiger partial charge is 0.398 e. The number of ether oxygens (including phenoxy) is 1. The molecular weight excluding hydrogens is 334 g/mol. The Bertz CT molecular complexity index is 636. The van der Waals surface area contributed by atoms with E-state index in [0.717, 1.165) is 48.5 Å². The fourth-order valence-corrected chi connectivity index (χ4v) is 3.05. The predicted molar refractivity (Wildman–Crippen MR) is 83.5 cm³/mol. The fraction of sp³-hybridized carbons (Fsp3) is 0.500. The second-order valence-electron chi connectivity index (χ2n) is 5.79. The molecule has 0 aliphatic carbocycles. The van der Waals surface area contributed by atoms with E-state index in [1.54, 1.807) is 0 Å². The molecule has 0 bridgehead atoms. The van der Waals surface area contributed by atoms with Crippen LogP contribution in [0.25, 0.3) is 11.4 Å². The molecule has 0 spiro atoms. The summed E-state index contributed by atoms with van der Waals surface area (Å²) in [5.41, 5.74) is 7.70. The van der Waals surface area contributed by atoms with E-state index in [2.05, 4.69) is 38.4 Å². The highest BCUT2D eigenvalue weighted by molar-refractivity contribution is 9.10. The summed E-state index contributed by atoms with van der Waals surface area (Å²) in [5.74, 6) is 0.738. The van der Waals surface area contributed by atoms with Crippen molar-refractivity contribution >= 4 is 21.6 Å². The van der Waals surface area contributed by atoms with Gasteiger partial charge in [0.2, 0.25) is 0 Å². The maximum Gasteiger partial charge on any atom is 0.183 e. The van der Waals surface area contributed by atoms with E-state index in [0.29, 0.717) is 5.69 Å². The van der Waals surface area contributed by atoms with Crippen LogP contribution < -0.4 is 5.73 Å². The van der Waals surface area contributed by atoms with Crippen LogP contribution >= 0.6 is 15.9 Å². The molecule has 6 nitrogen and oxygen atoms in total. The van der Waals surface area contributed by atoms with Gasteiger partial charge in [-0.2, -0.15) is 0 Å². The number of nitrogens with zero attached hydrogens (tertiary/aromatic N) is 4. The summed E-state index contributed by atoms with van der Waals surface area (Å²) in [6.07, 6.45) is 2.04. The van der Waals surface area contributed by atoms with Gasteiger partial charge in [-0.05, 0) is 56.7 Å². The van der Waals surface area contributed by atoms with Gasteiger partial charge in [0.1, 0.15) is 0 Å². The minimum Gasteiger partial charge on any atom is -0.398 e. The number of anilines is 1. The van der Waals surface area contributed by atoms with Crippen LogP contribution in [0.1, 0.15) is 19.8 Å². The van der Waals surface area contributed by atoms with E-state index in [9.17, 15) is 0 Å². The Morgan fingerprint density at radius 2 is 2.14 bits per heavy atom. The quantitative estimate of drug-likeness (QED) is 0.859. The van der Waals surface area contributed by atoms with Gasteiger partial charge in [-0.15, -0.1) is 5.10 Å². The summed E-state index contributed by atoms with van der Waals surface area (Å²) in [5, 5.41) is 12.2. The average molecular weight is 352 g/mol. The number of nitrogen functional groups attached to an aromatic ring is 1. The Labute approximate surface area is 131 Å². The van der Waals surface area contributed by atoms with E-state index in [4.69, 9.17) is 10.5 Å². The molecule has 1 aliphatic rings. The number of nitrogens with two attached hydrogens (primary N) is 1. The fourth-order valence-electron chi connectivity index (χ4n) is 2.61. The number of benzene rings is 1. The lowest BCUT2D eigenvalue weighted by molar-refractivity contribution is 0.0138. The second-order valence-corrected chi connectivity index (χ2v) is 6.58. The average Bonchev–Trinajstić information content (AvgIpc) is 2.90. The summed E-state index contributed by atoms with van der Waals surface area (Å²) >= 11 is 3.52. The third-order valence-corrected chi connectivity index (χ3v) is 4.92. The minimum absolute atomic E-state index is 0.162. The number of aromatic nitrogens is 4. The first-order valence-electron chi connectivity index (χ1n) is 6.97. The molecule has 1 aromatic carbocycles. The third kappa shape index (κ3) is 2.94. The van der Waals surface area contributed by atoms with Gasteiger partial charge in [-0.1, -0.05) is 13.0 Å². The number of hydrogen-bond acceptors (Lipinski definition) is 5. The highest BCUT2D eigenvalue weighted by atomic mass is 79.9. The van der Waals surface area contributed by atoms with E-state index < -0.39 is 0 Å². The van der Waals surface area contributed by atoms with Crippen LogP contribution in [0.15, 0.2) is 22.7 Å². The Morgan fingerprint density at radius 1 is 1.38 bits per heavy atom. The van der Waals surface area contributed by atoms with Gasteiger partial charge in [0.05, 0.1) is 11.0 Å². The van der Waals surface area contributed by atoms with Crippen molar-refractivity contribution in [2.75, 3.05) is 18.9 Å². The number of rotatable bonds is 3. The molecule has 0 amide bonds. The zero-order chi connectivity index (χ0) is 14.9. The van der Waals surface area contributed by atoms with Gasteiger partial charge in [-0.25, -0.2) is 4.68 Å². The molecule has 112 valence electrons. The van der Waals surface area contributed by atoms with Crippen molar-refractivity contribution in [1.29, 1.82) is 0 Å². The van der Waals surface area contributed by atoms with Crippen molar-refractivity contribution in [2.24, 2.45) is 5.41 Å². The molecule has 0 saturated carbocycles. The molecule has 3 rings (SSSR count). The summed E-state index contributed by atoms with van der Waals surface area (Å²) < 4.78 is 8.15. The Kier molecular flexibility index (Phi) is 3.95. The van der Waals surface area contributed by atoms with Crippen LogP contribution in [0, 0.1) is 5.41 Å². The van der Waals surface area contributed by atoms with Crippen molar-refractivity contribution in [1.82, 2.24) is 20.2 Å². The zero-order valence-corrected chi connectivity index (χ0v) is 13.5. The van der Waals surface area contributed by atoms with Crippen molar-refractivity contribution in [3.05, 3.63) is 22.7 Å². The summed E-state index contributed by atoms with van der Waals surface area (Å²) in [6.45, 7) is 4.64. The monoisotopic (exact) mass is 351 g/mol. The molecule has 0 atom stereocenters. The van der Waals surface area contributed by atoms with Gasteiger partial charge < -0.3 is 10.5 Å². The van der Waals surface area contributed by atoms with Crippen LogP contribution in [0.2, 0.25) is 0 Å². The van der Waals surface area contributed by atoms with Gasteiger partial charge >= 0.3 is 0 Å². The molecule has 2 aromatic rings. The molecule has 1 aliphatic heterocycles. The molecule has 21 heavy (non-hydrogen) atoms. The molecule has 1 saturated heterocycles. The maximum absolute atomic E-state index is 5.95. The minimum atomic E-state index is 0.162. The Hall–Kier alpha value is -1.47. The smallest absolute Gasteiger partial charge is 0.183 e. The SMILES string of the molecule is CC1(Cn2nnnc2-c2cccc(N)c2Br)CCOCC1. The topological polar surface area (TPSA) is 78.9 Å². The first-order chi connectivity index (χ1) is 10.1. The molecule has 1 fully saturated rings. The maximum atomic E-state index is 5.95. The van der Waals surface area contributed by atoms with E-state index in [1.165, 1.54) is 0 Å². The van der Waals surface area contributed by atoms with Crippen LogP contribution in [0.3, 0.4) is 0 Å². The van der Waals surface area contributed by atoms with Crippen molar-refractivity contribution in [3.8, 4) is 11.4 Å². The molecule has 0 radical (unpaired) electrons. The van der Waals surface area contributed by atoms with Gasteiger partial charge in [0.25, 0.3) is 0 Å². The molecule has 2 N–H and O–H groups in total. The number of halogens is 1. The first-order valence-corrected chi connectivity index (χ1v) is 7.77. The summed E-state index contributed by atoms with van der Waals surface area (Å²) in [7, 11) is 0. The third-order valence-electron chi connectivity index (χ3n) is 4.03. The Morgan fingerprint density at radius 3 is 2.90 bits per heavy atom. The standard InChI is InChI=1S/C14H18BrN5O/c1-14(5-7-21-8-6-14)9-20-13(17-18-19-20)10-3-2-4-11(16)12(10)15/h2-4H,5-9,16H2,1H3. The van der Waals surface area contributed by atoms with Crippen molar-refractivity contribution in [3.63, 3.8) is 0 Å². The molecule has 2 heterocycles. The molecular formula is C14H18BrN5O. The highest BCUT2D eigenvalue weighted by Crippen LogP contribution is 2.35. The van der Waals surface area contributed by atoms with Gasteiger partial charge in [0, 0.05) is 24.5 Å². The Balaban J connectivity index is 1.92. The lowest BCUT2D eigenvalue weighted by Gasteiger charge is -2.33. The van der Waals surface area contributed by atoms with Crippen LogP contribution in [0.4, 0.5) is 5.69 Å². The lowest BCUT2D eigenvalue weighted by atomic mass is 9.82. The van der Waals surface area contributed by atoms with Crippen molar-refractivity contribution < 1.29 is 4.74 Å².